The van der Waals surface area contributed by atoms with E-state index < -0.39 is 16.6 Å². The Morgan fingerprint density at radius 3 is 2.60 bits per heavy atom. The highest BCUT2D eigenvalue weighted by Crippen LogP contribution is 2.46. The van der Waals surface area contributed by atoms with Gasteiger partial charge in [0.2, 0.25) is 0 Å². The number of hydrogen-bond acceptors (Lipinski definition) is 6. The van der Waals surface area contributed by atoms with E-state index in [4.69, 9.17) is 9.47 Å². The van der Waals surface area contributed by atoms with Gasteiger partial charge in [0.15, 0.2) is 5.78 Å². The smallest absolute Gasteiger partial charge is 0.458 e. The van der Waals surface area contributed by atoms with Crippen LogP contribution in [0.4, 0.5) is 0 Å². The van der Waals surface area contributed by atoms with E-state index in [1.54, 1.807) is 6.92 Å². The summed E-state index contributed by atoms with van der Waals surface area (Å²) in [5, 5.41) is 11.3. The molecule has 0 aromatic carbocycles. The van der Waals surface area contributed by atoms with Crippen LogP contribution in [-0.4, -0.2) is 29.0 Å². The lowest BCUT2D eigenvalue weighted by molar-refractivity contribution is -0.604. The van der Waals surface area contributed by atoms with Crippen LogP contribution in [0.25, 0.3) is 0 Å². The summed E-state index contributed by atoms with van der Waals surface area (Å²) in [6, 6.07) is 0. The van der Waals surface area contributed by atoms with E-state index in [1.165, 1.54) is 0 Å². The van der Waals surface area contributed by atoms with Crippen LogP contribution < -0.4 is 0 Å². The van der Waals surface area contributed by atoms with Crippen molar-refractivity contribution < 1.29 is 24.0 Å². The fourth-order valence-corrected chi connectivity index (χ4v) is 2.61. The highest BCUT2D eigenvalue weighted by atomic mass is 16.7. The molecular formula is C13H17NO6. The standard InChI is InChI=1S/C13H17NO6/c1-4-19-11(16)13(14(17)18)5-8-9(15)6-12(2,3)7-10(8)20-13/h4-7H2,1-3H3. The predicted octanol–water partition coefficient (Wildman–Crippen LogP) is 1.59. The Morgan fingerprint density at radius 2 is 2.05 bits per heavy atom. The molecule has 1 unspecified atom stereocenters. The second kappa shape index (κ2) is 4.57. The topological polar surface area (TPSA) is 95.7 Å². The average molecular weight is 283 g/mol. The molecule has 110 valence electrons. The molecule has 0 aromatic heterocycles. The molecule has 0 amide bonds. The molecule has 2 aliphatic rings. The number of carbonyl (C=O) groups excluding carboxylic acids is 2. The lowest BCUT2D eigenvalue weighted by Gasteiger charge is -2.28. The Morgan fingerprint density at radius 1 is 1.40 bits per heavy atom. The van der Waals surface area contributed by atoms with E-state index in [1.807, 2.05) is 13.8 Å². The summed E-state index contributed by atoms with van der Waals surface area (Å²) in [5.74, 6) is -0.981. The molecule has 7 heteroatoms. The molecule has 1 heterocycles. The quantitative estimate of drug-likeness (QED) is 0.443. The molecule has 0 saturated heterocycles. The van der Waals surface area contributed by atoms with Gasteiger partial charge in [0.1, 0.15) is 12.2 Å². The molecule has 0 radical (unpaired) electrons. The zero-order chi connectivity index (χ0) is 15.1. The highest BCUT2D eigenvalue weighted by molar-refractivity contribution is 5.99. The van der Waals surface area contributed by atoms with Crippen LogP contribution in [0.2, 0.25) is 0 Å². The van der Waals surface area contributed by atoms with E-state index in [0.29, 0.717) is 12.8 Å². The number of carbonyl (C=O) groups is 2. The van der Waals surface area contributed by atoms with Crippen molar-refractivity contribution in [2.45, 2.75) is 45.8 Å². The first-order chi connectivity index (χ1) is 9.22. The summed E-state index contributed by atoms with van der Waals surface area (Å²) in [5.41, 5.74) is -2.36. The first-order valence-corrected chi connectivity index (χ1v) is 6.48. The molecule has 1 aliphatic heterocycles. The van der Waals surface area contributed by atoms with E-state index in [9.17, 15) is 19.7 Å². The minimum absolute atomic E-state index is 0.0158. The Labute approximate surface area is 116 Å². The number of ether oxygens (including phenoxy) is 2. The number of rotatable bonds is 3. The van der Waals surface area contributed by atoms with Crippen molar-refractivity contribution in [2.24, 2.45) is 5.41 Å². The molecule has 7 nitrogen and oxygen atoms in total. The Hall–Kier alpha value is -1.92. The van der Waals surface area contributed by atoms with E-state index in [2.05, 4.69) is 0 Å². The zero-order valence-electron chi connectivity index (χ0n) is 11.7. The van der Waals surface area contributed by atoms with Crippen molar-refractivity contribution in [1.29, 1.82) is 0 Å². The minimum atomic E-state index is -2.29. The van der Waals surface area contributed by atoms with Gasteiger partial charge in [-0.1, -0.05) is 13.8 Å². The van der Waals surface area contributed by atoms with Crippen molar-refractivity contribution in [2.75, 3.05) is 6.61 Å². The van der Waals surface area contributed by atoms with Crippen LogP contribution in [-0.2, 0) is 19.1 Å². The maximum Gasteiger partial charge on any atom is 0.464 e. The van der Waals surface area contributed by atoms with Gasteiger partial charge in [-0.2, -0.15) is 0 Å². The van der Waals surface area contributed by atoms with Crippen molar-refractivity contribution in [3.8, 4) is 0 Å². The molecule has 0 fully saturated rings. The molecule has 0 bridgehead atoms. The van der Waals surface area contributed by atoms with Gasteiger partial charge in [0, 0.05) is 18.4 Å². The van der Waals surface area contributed by atoms with Crippen LogP contribution in [0.1, 0.15) is 40.0 Å². The second-order valence-corrected chi connectivity index (χ2v) is 5.88. The Kier molecular flexibility index (Phi) is 3.31. The number of allylic oxidation sites excluding steroid dienone is 1. The SMILES string of the molecule is CCOC(=O)C1([N+](=O)[O-])CC2=C(CC(C)(C)CC2=O)O1. The molecule has 0 spiro atoms. The zero-order valence-corrected chi connectivity index (χ0v) is 11.7. The number of hydrogen-bond donors (Lipinski definition) is 0. The van der Waals surface area contributed by atoms with Crippen LogP contribution >= 0.6 is 0 Å². The van der Waals surface area contributed by atoms with E-state index in [0.717, 1.165) is 0 Å². The summed E-state index contributed by atoms with van der Waals surface area (Å²) in [6.45, 7) is 5.34. The number of esters is 1. The van der Waals surface area contributed by atoms with Crippen LogP contribution in [0.3, 0.4) is 0 Å². The van der Waals surface area contributed by atoms with Gasteiger partial charge in [-0.3, -0.25) is 14.9 Å². The fourth-order valence-electron chi connectivity index (χ4n) is 2.61. The third kappa shape index (κ3) is 2.17. The largest absolute Gasteiger partial charge is 0.464 e. The molecule has 0 aromatic rings. The van der Waals surface area contributed by atoms with Gasteiger partial charge in [-0.25, -0.2) is 4.79 Å². The third-order valence-corrected chi connectivity index (χ3v) is 3.55. The second-order valence-electron chi connectivity index (χ2n) is 5.88. The summed E-state index contributed by atoms with van der Waals surface area (Å²) in [6.07, 6.45) is 0.359. The lowest BCUT2D eigenvalue weighted by atomic mass is 9.76. The number of nitro groups is 1. The van der Waals surface area contributed by atoms with E-state index >= 15 is 0 Å². The normalized spacial score (nSPS) is 27.9. The summed E-state index contributed by atoms with van der Waals surface area (Å²) in [4.78, 5) is 34.5. The van der Waals surface area contributed by atoms with Gasteiger partial charge >= 0.3 is 11.7 Å². The number of nitrogens with zero attached hydrogens (tertiary/aromatic N) is 1. The molecule has 0 N–H and O–H groups in total. The van der Waals surface area contributed by atoms with E-state index in [-0.39, 0.29) is 35.6 Å². The van der Waals surface area contributed by atoms with Crippen molar-refractivity contribution in [3.05, 3.63) is 21.4 Å². The lowest BCUT2D eigenvalue weighted by Crippen LogP contribution is -2.47. The van der Waals surface area contributed by atoms with Crippen molar-refractivity contribution in [1.82, 2.24) is 0 Å². The monoisotopic (exact) mass is 283 g/mol. The Balaban J connectivity index is 2.34. The summed E-state index contributed by atoms with van der Waals surface area (Å²) in [7, 11) is 0. The average Bonchev–Trinajstić information content (AvgIpc) is 2.68. The first kappa shape index (κ1) is 14.5. The highest BCUT2D eigenvalue weighted by Gasteiger charge is 2.62. The maximum absolute atomic E-state index is 12.1. The van der Waals surface area contributed by atoms with Gasteiger partial charge in [0.05, 0.1) is 11.5 Å². The number of Topliss-reactive ketones (excluding diaryl/α,β-unsaturated/α-hetero) is 1. The van der Waals surface area contributed by atoms with Gasteiger partial charge in [0.25, 0.3) is 0 Å². The molecule has 1 aliphatic carbocycles. The summed E-state index contributed by atoms with van der Waals surface area (Å²) < 4.78 is 10.1. The van der Waals surface area contributed by atoms with Crippen LogP contribution in [0, 0.1) is 15.5 Å². The van der Waals surface area contributed by atoms with Crippen molar-refractivity contribution in [3.63, 3.8) is 0 Å². The molecular weight excluding hydrogens is 266 g/mol. The molecule has 0 saturated carbocycles. The minimum Gasteiger partial charge on any atom is -0.458 e. The Bertz CT molecular complexity index is 521. The number of ketones is 1. The molecule has 20 heavy (non-hydrogen) atoms. The third-order valence-electron chi connectivity index (χ3n) is 3.55. The molecule has 1 atom stereocenters. The fraction of sp³-hybridized carbons (Fsp3) is 0.692. The van der Waals surface area contributed by atoms with Gasteiger partial charge < -0.3 is 9.47 Å². The van der Waals surface area contributed by atoms with Gasteiger partial charge in [-0.15, -0.1) is 0 Å². The maximum atomic E-state index is 12.1. The predicted molar refractivity (Wildman–Crippen MR) is 67.1 cm³/mol. The summed E-state index contributed by atoms with van der Waals surface area (Å²) >= 11 is 0. The first-order valence-electron chi connectivity index (χ1n) is 6.48. The van der Waals surface area contributed by atoms with Gasteiger partial charge in [-0.05, 0) is 12.3 Å². The van der Waals surface area contributed by atoms with Crippen molar-refractivity contribution >= 4 is 11.8 Å². The van der Waals surface area contributed by atoms with Crippen LogP contribution in [0.5, 0.6) is 0 Å². The van der Waals surface area contributed by atoms with Crippen LogP contribution in [0.15, 0.2) is 11.3 Å². The molecule has 2 rings (SSSR count).